The van der Waals surface area contributed by atoms with E-state index in [2.05, 4.69) is 0 Å². The van der Waals surface area contributed by atoms with Gasteiger partial charge in [-0.15, -0.1) is 11.6 Å². The zero-order valence-corrected chi connectivity index (χ0v) is 23.2. The molecule has 0 unspecified atom stereocenters. The third-order valence-electron chi connectivity index (χ3n) is 10.7. The summed E-state index contributed by atoms with van der Waals surface area (Å²) >= 11 is 6.81. The molecule has 9 nitrogen and oxygen atoms in total. The van der Waals surface area contributed by atoms with E-state index in [0.717, 1.165) is 0 Å². The molecule has 4 fully saturated rings. The molecule has 13 atom stereocenters. The van der Waals surface area contributed by atoms with Crippen molar-refractivity contribution < 1.29 is 43.9 Å². The summed E-state index contributed by atoms with van der Waals surface area (Å²) in [5, 5.41) is 33.0. The van der Waals surface area contributed by atoms with Crippen LogP contribution in [0.15, 0.2) is 0 Å². The molecule has 210 valence electrons. The van der Waals surface area contributed by atoms with Crippen molar-refractivity contribution in [2.24, 2.45) is 39.9 Å². The summed E-state index contributed by atoms with van der Waals surface area (Å²) in [6.45, 7) is 9.58. The topological polar surface area (TPSA) is 140 Å². The molecule has 1 aliphatic heterocycles. The molecular formula is C27H41ClO9. The van der Waals surface area contributed by atoms with Crippen molar-refractivity contribution in [3.8, 4) is 0 Å². The molecule has 0 amide bonds. The molecule has 10 heteroatoms. The average Bonchev–Trinajstić information content (AvgIpc) is 3.55. The first kappa shape index (κ1) is 28.6. The molecule has 3 saturated carbocycles. The van der Waals surface area contributed by atoms with E-state index < -0.39 is 88.5 Å². The first-order valence-corrected chi connectivity index (χ1v) is 13.8. The number of hydrogen-bond acceptors (Lipinski definition) is 9. The van der Waals surface area contributed by atoms with Crippen LogP contribution in [0.2, 0.25) is 0 Å². The largest absolute Gasteiger partial charge is 0.462 e. The van der Waals surface area contributed by atoms with Crippen molar-refractivity contribution in [1.82, 2.24) is 0 Å². The first-order chi connectivity index (χ1) is 17.2. The lowest BCUT2D eigenvalue weighted by atomic mass is 9.43. The number of hydrogen-bond donors (Lipinski definition) is 3. The van der Waals surface area contributed by atoms with Crippen molar-refractivity contribution >= 4 is 29.5 Å². The number of rotatable bonds is 4. The molecular weight excluding hydrogens is 504 g/mol. The molecule has 0 spiro atoms. The van der Waals surface area contributed by atoms with E-state index in [1.165, 1.54) is 13.8 Å². The van der Waals surface area contributed by atoms with Crippen LogP contribution in [-0.2, 0) is 28.6 Å². The summed E-state index contributed by atoms with van der Waals surface area (Å²) in [4.78, 5) is 38.1. The van der Waals surface area contributed by atoms with Gasteiger partial charge in [0.15, 0.2) is 0 Å². The second kappa shape index (κ2) is 9.65. The van der Waals surface area contributed by atoms with Crippen LogP contribution in [0.25, 0.3) is 0 Å². The van der Waals surface area contributed by atoms with Gasteiger partial charge >= 0.3 is 17.9 Å². The van der Waals surface area contributed by atoms with Crippen LogP contribution in [0.1, 0.15) is 67.2 Å². The maximum Gasteiger partial charge on any atom is 0.310 e. The summed E-state index contributed by atoms with van der Waals surface area (Å²) in [6.07, 6.45) is -3.66. The van der Waals surface area contributed by atoms with Gasteiger partial charge in [0.25, 0.3) is 0 Å². The van der Waals surface area contributed by atoms with Gasteiger partial charge in [0.1, 0.15) is 18.3 Å². The Hall–Kier alpha value is -1.42. The third kappa shape index (κ3) is 3.94. The summed E-state index contributed by atoms with van der Waals surface area (Å²) in [7, 11) is 0. The van der Waals surface area contributed by atoms with Gasteiger partial charge in [-0.2, -0.15) is 0 Å². The Balaban J connectivity index is 2.04. The summed E-state index contributed by atoms with van der Waals surface area (Å²) in [5.74, 6) is -3.00. The quantitative estimate of drug-likeness (QED) is 0.276. The second-order valence-electron chi connectivity index (χ2n) is 12.2. The number of alkyl halides is 1. The van der Waals surface area contributed by atoms with Crippen LogP contribution in [0, 0.1) is 39.9 Å². The fraction of sp³-hybridized carbons (Fsp3) is 0.889. The van der Waals surface area contributed by atoms with Crippen LogP contribution in [0.3, 0.4) is 0 Å². The van der Waals surface area contributed by atoms with E-state index in [4.69, 9.17) is 25.8 Å². The van der Waals surface area contributed by atoms with Crippen molar-refractivity contribution in [2.75, 3.05) is 6.61 Å². The average molecular weight is 545 g/mol. The summed E-state index contributed by atoms with van der Waals surface area (Å²) in [5.41, 5.74) is -3.50. The maximum atomic E-state index is 13.2. The van der Waals surface area contributed by atoms with Crippen molar-refractivity contribution in [3.05, 3.63) is 0 Å². The molecule has 0 aromatic heterocycles. The number of fused-ring (bicyclic) bond motifs is 4. The Bertz CT molecular complexity index is 943. The van der Waals surface area contributed by atoms with Crippen LogP contribution < -0.4 is 0 Å². The van der Waals surface area contributed by atoms with Crippen molar-refractivity contribution in [1.29, 1.82) is 0 Å². The summed E-state index contributed by atoms with van der Waals surface area (Å²) in [6, 6.07) is 0. The van der Waals surface area contributed by atoms with Crippen LogP contribution in [-0.4, -0.2) is 75.7 Å². The molecule has 0 aromatic carbocycles. The Morgan fingerprint density at radius 1 is 1.08 bits per heavy atom. The maximum absolute atomic E-state index is 13.2. The highest BCUT2D eigenvalue weighted by molar-refractivity contribution is 6.21. The lowest BCUT2D eigenvalue weighted by Crippen LogP contribution is -2.70. The Labute approximate surface area is 223 Å². The Morgan fingerprint density at radius 2 is 1.70 bits per heavy atom. The minimum Gasteiger partial charge on any atom is -0.462 e. The normalized spacial score (nSPS) is 51.1. The lowest BCUT2D eigenvalue weighted by Gasteiger charge is -2.63. The molecule has 37 heavy (non-hydrogen) atoms. The van der Waals surface area contributed by atoms with Crippen molar-refractivity contribution in [3.63, 3.8) is 0 Å². The van der Waals surface area contributed by atoms with Gasteiger partial charge in [0, 0.05) is 36.5 Å². The number of carbonyl (C=O) groups is 3. The highest BCUT2D eigenvalue weighted by Gasteiger charge is 2.78. The van der Waals surface area contributed by atoms with Crippen molar-refractivity contribution in [2.45, 2.75) is 103 Å². The minimum atomic E-state index is -1.45. The van der Waals surface area contributed by atoms with Gasteiger partial charge < -0.3 is 29.5 Å². The van der Waals surface area contributed by atoms with Gasteiger partial charge in [-0.3, -0.25) is 14.4 Å². The van der Waals surface area contributed by atoms with Gasteiger partial charge in [-0.05, 0) is 31.6 Å². The smallest absolute Gasteiger partial charge is 0.310 e. The predicted octanol–water partition coefficient (Wildman–Crippen LogP) is 2.20. The van der Waals surface area contributed by atoms with Gasteiger partial charge in [0.05, 0.1) is 35.5 Å². The Morgan fingerprint density at radius 3 is 2.24 bits per heavy atom. The lowest BCUT2D eigenvalue weighted by molar-refractivity contribution is -0.261. The standard InChI is InChI=1S/C27H41ClO9/c1-7-17-23(34)37-22-19(28)8-15(32)9-20(33)26(6)18-10-16(18)21(35-13(3)30)12(2)25(26,5)24(36-14(4)31)27(17,22)11-29/h12,15-22,24,29,32-33H,7-11H2,1-6H3/t12-,15+,16+,17-,18-,19-,20-,21+,22-,24-,25+,26+,27+/m0/s1. The molecule has 4 rings (SSSR count). The number of aliphatic hydroxyl groups is 3. The molecule has 1 saturated heterocycles. The van der Waals surface area contributed by atoms with E-state index in [1.54, 1.807) is 6.92 Å². The zero-order valence-electron chi connectivity index (χ0n) is 22.5. The fourth-order valence-corrected chi connectivity index (χ4v) is 9.11. The van der Waals surface area contributed by atoms with E-state index in [1.807, 2.05) is 20.8 Å². The van der Waals surface area contributed by atoms with Crippen LogP contribution in [0.5, 0.6) is 0 Å². The number of esters is 3. The zero-order chi connectivity index (χ0) is 27.7. The molecule has 0 radical (unpaired) electrons. The predicted molar refractivity (Wildman–Crippen MR) is 132 cm³/mol. The molecule has 0 aromatic rings. The summed E-state index contributed by atoms with van der Waals surface area (Å²) < 4.78 is 17.8. The van der Waals surface area contributed by atoms with Gasteiger partial charge in [-0.25, -0.2) is 0 Å². The van der Waals surface area contributed by atoms with Gasteiger partial charge in [0.2, 0.25) is 0 Å². The van der Waals surface area contributed by atoms with E-state index in [0.29, 0.717) is 12.8 Å². The van der Waals surface area contributed by atoms with E-state index >= 15 is 0 Å². The Kier molecular flexibility index (Phi) is 7.45. The van der Waals surface area contributed by atoms with Crippen LogP contribution >= 0.6 is 11.6 Å². The molecule has 1 heterocycles. The number of carbonyl (C=O) groups excluding carboxylic acids is 3. The second-order valence-corrected chi connectivity index (χ2v) is 12.7. The highest BCUT2D eigenvalue weighted by Crippen LogP contribution is 2.74. The molecule has 3 aliphatic carbocycles. The fourth-order valence-electron chi connectivity index (χ4n) is 8.62. The monoisotopic (exact) mass is 544 g/mol. The van der Waals surface area contributed by atoms with Gasteiger partial charge in [-0.1, -0.05) is 27.7 Å². The number of ether oxygens (including phenoxy) is 3. The SMILES string of the molecule is CC[C@H]1C(=O)O[C@H]2[C@@H](Cl)C[C@@H](O)C[C@H](O)[C@@]3(C)[C@H]4C[C@H]4[C@H](OC(C)=O)[C@H](C)[C@]3(C)[C@H](OC(C)=O)[C@]12CO. The van der Waals surface area contributed by atoms with E-state index in [-0.39, 0.29) is 24.7 Å². The third-order valence-corrected chi connectivity index (χ3v) is 11.1. The van der Waals surface area contributed by atoms with Crippen LogP contribution in [0.4, 0.5) is 0 Å². The molecule has 3 N–H and O–H groups in total. The number of aliphatic hydroxyl groups excluding tert-OH is 3. The number of halogens is 1. The molecule has 0 bridgehead atoms. The molecule has 4 aliphatic rings. The first-order valence-electron chi connectivity index (χ1n) is 13.4. The highest BCUT2D eigenvalue weighted by atomic mass is 35.5. The minimum absolute atomic E-state index is 0.00484. The van der Waals surface area contributed by atoms with E-state index in [9.17, 15) is 29.7 Å².